The fourth-order valence-electron chi connectivity index (χ4n) is 3.62. The van der Waals surface area contributed by atoms with Crippen molar-refractivity contribution in [2.24, 2.45) is 0 Å². The Hall–Kier alpha value is -2.38. The van der Waals surface area contributed by atoms with Crippen LogP contribution in [0.25, 0.3) is 33.0 Å². The highest BCUT2D eigenvalue weighted by Gasteiger charge is 2.05. The van der Waals surface area contributed by atoms with Gasteiger partial charge in [0.1, 0.15) is 0 Å². The molecule has 1 atom stereocenters. The highest BCUT2D eigenvalue weighted by atomic mass is 32.1. The van der Waals surface area contributed by atoms with Gasteiger partial charge in [0, 0.05) is 9.58 Å². The third-order valence-electron chi connectivity index (χ3n) is 5.34. The first-order valence-electron chi connectivity index (χ1n) is 9.93. The van der Waals surface area contributed by atoms with Crippen molar-refractivity contribution in [3.63, 3.8) is 0 Å². The molecule has 4 aromatic rings. The summed E-state index contributed by atoms with van der Waals surface area (Å²) in [6.07, 6.45) is 8.33. The molecule has 0 nitrogen and oxygen atoms in total. The lowest BCUT2D eigenvalue weighted by Crippen LogP contribution is -1.93. The molecule has 0 bridgehead atoms. The van der Waals surface area contributed by atoms with Crippen LogP contribution in [0.1, 0.15) is 55.0 Å². The lowest BCUT2D eigenvalue weighted by molar-refractivity contribution is 0.624. The zero-order valence-corrected chi connectivity index (χ0v) is 16.9. The Morgan fingerprint density at radius 3 is 2.33 bits per heavy atom. The summed E-state index contributed by atoms with van der Waals surface area (Å²) in [5.74, 6) is 0.653. The molecule has 1 aromatic heterocycles. The van der Waals surface area contributed by atoms with Gasteiger partial charge in [-0.05, 0) is 63.9 Å². The standard InChI is InChI=1S/C26H26S/c1-3-4-7-19(2)21-13-10-20(11-14-21)12-15-25-17-24-16-22-8-5-6-9-23(22)18-26(24)27-25/h5-6,8-19H,3-4,7H2,1-2H3. The van der Waals surface area contributed by atoms with E-state index in [0.29, 0.717) is 5.92 Å². The third-order valence-corrected chi connectivity index (χ3v) is 6.40. The summed E-state index contributed by atoms with van der Waals surface area (Å²) in [4.78, 5) is 1.31. The molecule has 27 heavy (non-hydrogen) atoms. The SMILES string of the molecule is CCCCC(C)c1ccc(C=Cc2cc3cc4ccccc4cc3s2)cc1. The summed E-state index contributed by atoms with van der Waals surface area (Å²) >= 11 is 1.86. The van der Waals surface area contributed by atoms with Gasteiger partial charge in [-0.2, -0.15) is 0 Å². The summed E-state index contributed by atoms with van der Waals surface area (Å²) in [5.41, 5.74) is 2.72. The van der Waals surface area contributed by atoms with Gasteiger partial charge in [-0.15, -0.1) is 11.3 Å². The van der Waals surface area contributed by atoms with Crippen molar-refractivity contribution >= 4 is 44.3 Å². The molecule has 0 aliphatic carbocycles. The summed E-state index contributed by atoms with van der Waals surface area (Å²) in [6, 6.07) is 24.6. The van der Waals surface area contributed by atoms with E-state index in [4.69, 9.17) is 0 Å². The molecule has 0 saturated heterocycles. The van der Waals surface area contributed by atoms with Gasteiger partial charge in [0.25, 0.3) is 0 Å². The summed E-state index contributed by atoms with van der Waals surface area (Å²) in [5, 5.41) is 3.96. The molecule has 4 rings (SSSR count). The van der Waals surface area contributed by atoms with Crippen molar-refractivity contribution in [3.8, 4) is 0 Å². The number of thiophene rings is 1. The third kappa shape index (κ3) is 4.14. The molecule has 0 spiro atoms. The van der Waals surface area contributed by atoms with Crippen LogP contribution in [0, 0.1) is 0 Å². The minimum absolute atomic E-state index is 0.653. The van der Waals surface area contributed by atoms with Crippen LogP contribution in [0.15, 0.2) is 66.7 Å². The molecule has 0 N–H and O–H groups in total. The van der Waals surface area contributed by atoms with Gasteiger partial charge >= 0.3 is 0 Å². The largest absolute Gasteiger partial charge is 0.136 e. The quantitative estimate of drug-likeness (QED) is 0.319. The maximum absolute atomic E-state index is 2.34. The second-order valence-corrected chi connectivity index (χ2v) is 8.54. The van der Waals surface area contributed by atoms with Crippen molar-refractivity contribution in [2.75, 3.05) is 0 Å². The van der Waals surface area contributed by atoms with Crippen molar-refractivity contribution < 1.29 is 0 Å². The van der Waals surface area contributed by atoms with Crippen LogP contribution in [-0.2, 0) is 0 Å². The Morgan fingerprint density at radius 2 is 1.59 bits per heavy atom. The molecule has 1 heterocycles. The van der Waals surface area contributed by atoms with Gasteiger partial charge in [0.05, 0.1) is 0 Å². The van der Waals surface area contributed by atoms with Crippen molar-refractivity contribution in [1.82, 2.24) is 0 Å². The number of unbranched alkanes of at least 4 members (excludes halogenated alkanes) is 1. The molecule has 0 radical (unpaired) electrons. The Kier molecular flexibility index (Phi) is 5.40. The molecule has 0 amide bonds. The molecule has 1 unspecified atom stereocenters. The van der Waals surface area contributed by atoms with Gasteiger partial charge < -0.3 is 0 Å². The van der Waals surface area contributed by atoms with E-state index in [-0.39, 0.29) is 0 Å². The molecular formula is C26H26S. The molecule has 1 heteroatoms. The van der Waals surface area contributed by atoms with E-state index in [1.54, 1.807) is 0 Å². The van der Waals surface area contributed by atoms with Crippen molar-refractivity contribution in [2.45, 2.75) is 39.0 Å². The van der Waals surface area contributed by atoms with Gasteiger partial charge in [0.2, 0.25) is 0 Å². The maximum Gasteiger partial charge on any atom is 0.0355 e. The normalized spacial score (nSPS) is 13.0. The lowest BCUT2D eigenvalue weighted by atomic mass is 9.95. The van der Waals surface area contributed by atoms with Gasteiger partial charge in [0.15, 0.2) is 0 Å². The number of hydrogen-bond acceptors (Lipinski definition) is 1. The summed E-state index contributed by atoms with van der Waals surface area (Å²) < 4.78 is 1.36. The monoisotopic (exact) mass is 370 g/mol. The van der Waals surface area contributed by atoms with E-state index < -0.39 is 0 Å². The second kappa shape index (κ2) is 8.10. The first-order chi connectivity index (χ1) is 13.2. The first kappa shape index (κ1) is 18.0. The van der Waals surface area contributed by atoms with Crippen molar-refractivity contribution in [1.29, 1.82) is 0 Å². The predicted octanol–water partition coefficient (Wildman–Crippen LogP) is 8.52. The van der Waals surface area contributed by atoms with Crippen LogP contribution in [0.2, 0.25) is 0 Å². The van der Waals surface area contributed by atoms with E-state index in [0.717, 1.165) is 0 Å². The van der Waals surface area contributed by atoms with Crippen LogP contribution in [0.4, 0.5) is 0 Å². The average Bonchev–Trinajstić information content (AvgIpc) is 3.10. The Labute approximate surface area is 166 Å². The molecule has 0 aliphatic heterocycles. The Bertz CT molecular complexity index is 1010. The van der Waals surface area contributed by atoms with Gasteiger partial charge in [-0.25, -0.2) is 0 Å². The minimum Gasteiger partial charge on any atom is -0.136 e. The molecular weight excluding hydrogens is 344 g/mol. The van der Waals surface area contributed by atoms with Gasteiger partial charge in [-0.1, -0.05) is 81.3 Å². The van der Waals surface area contributed by atoms with Crippen LogP contribution in [0.3, 0.4) is 0 Å². The number of hydrogen-bond donors (Lipinski definition) is 0. The maximum atomic E-state index is 2.34. The number of benzene rings is 3. The Morgan fingerprint density at radius 1 is 0.852 bits per heavy atom. The molecule has 0 fully saturated rings. The fraction of sp³-hybridized carbons (Fsp3) is 0.231. The zero-order chi connectivity index (χ0) is 18.6. The highest BCUT2D eigenvalue weighted by molar-refractivity contribution is 7.20. The molecule has 136 valence electrons. The molecule has 0 aliphatic rings. The number of rotatable bonds is 6. The van der Waals surface area contributed by atoms with Crippen LogP contribution in [-0.4, -0.2) is 0 Å². The average molecular weight is 371 g/mol. The summed E-state index contributed by atoms with van der Waals surface area (Å²) in [6.45, 7) is 4.60. The highest BCUT2D eigenvalue weighted by Crippen LogP contribution is 2.31. The van der Waals surface area contributed by atoms with E-state index in [1.165, 1.54) is 56.1 Å². The topological polar surface area (TPSA) is 0 Å². The van der Waals surface area contributed by atoms with E-state index >= 15 is 0 Å². The van der Waals surface area contributed by atoms with Gasteiger partial charge in [-0.3, -0.25) is 0 Å². The Balaban J connectivity index is 1.53. The lowest BCUT2D eigenvalue weighted by Gasteiger charge is -2.11. The van der Waals surface area contributed by atoms with E-state index in [2.05, 4.69) is 92.7 Å². The second-order valence-electron chi connectivity index (χ2n) is 7.43. The number of fused-ring (bicyclic) bond motifs is 2. The zero-order valence-electron chi connectivity index (χ0n) is 16.1. The smallest absolute Gasteiger partial charge is 0.0355 e. The van der Waals surface area contributed by atoms with Crippen LogP contribution < -0.4 is 0 Å². The van der Waals surface area contributed by atoms with Crippen LogP contribution in [0.5, 0.6) is 0 Å². The van der Waals surface area contributed by atoms with Crippen molar-refractivity contribution in [3.05, 3.63) is 82.7 Å². The predicted molar refractivity (Wildman–Crippen MR) is 123 cm³/mol. The fourth-order valence-corrected chi connectivity index (χ4v) is 4.62. The van der Waals surface area contributed by atoms with E-state index in [1.807, 2.05) is 11.3 Å². The first-order valence-corrected chi connectivity index (χ1v) is 10.7. The molecule has 3 aromatic carbocycles. The molecule has 0 saturated carbocycles. The van der Waals surface area contributed by atoms with E-state index in [9.17, 15) is 0 Å². The summed E-state index contributed by atoms with van der Waals surface area (Å²) in [7, 11) is 0. The van der Waals surface area contributed by atoms with Crippen LogP contribution >= 0.6 is 11.3 Å². The minimum atomic E-state index is 0.653.